The number of ketones is 1. The number of halogens is 3. The lowest BCUT2D eigenvalue weighted by Gasteiger charge is -2.41. The van der Waals surface area contributed by atoms with Crippen LogP contribution in [-0.4, -0.2) is 55.1 Å². The van der Waals surface area contributed by atoms with Crippen molar-refractivity contribution in [2.24, 2.45) is 0 Å². The molecule has 0 aliphatic carbocycles. The summed E-state index contributed by atoms with van der Waals surface area (Å²) >= 11 is 0. The van der Waals surface area contributed by atoms with Gasteiger partial charge >= 0.3 is 6.18 Å². The van der Waals surface area contributed by atoms with Crippen LogP contribution in [0.5, 0.6) is 0 Å². The van der Waals surface area contributed by atoms with E-state index in [2.05, 4.69) is 5.32 Å². The fourth-order valence-corrected chi connectivity index (χ4v) is 2.90. The number of rotatable bonds is 5. The van der Waals surface area contributed by atoms with E-state index in [1.54, 1.807) is 29.2 Å². The van der Waals surface area contributed by atoms with Crippen molar-refractivity contribution in [1.82, 2.24) is 4.90 Å². The SMILES string of the molecule is COC1(C(F)(F)F)CCN(CC(=O)Nc2cccc(C(C)=O)c2)CC1. The Morgan fingerprint density at radius 3 is 2.44 bits per heavy atom. The first kappa shape index (κ1) is 19.4. The van der Waals surface area contributed by atoms with E-state index in [1.807, 2.05) is 0 Å². The van der Waals surface area contributed by atoms with Crippen LogP contribution in [0.15, 0.2) is 24.3 Å². The number of nitrogens with zero attached hydrogens (tertiary/aromatic N) is 1. The smallest absolute Gasteiger partial charge is 0.369 e. The van der Waals surface area contributed by atoms with E-state index >= 15 is 0 Å². The van der Waals surface area contributed by atoms with Crippen molar-refractivity contribution in [3.8, 4) is 0 Å². The van der Waals surface area contributed by atoms with Crippen LogP contribution in [0, 0.1) is 0 Å². The molecule has 1 aromatic carbocycles. The predicted octanol–water partition coefficient (Wildman–Crippen LogP) is 2.87. The van der Waals surface area contributed by atoms with E-state index < -0.39 is 11.8 Å². The molecule has 0 saturated carbocycles. The topological polar surface area (TPSA) is 58.6 Å². The molecule has 0 spiro atoms. The Morgan fingerprint density at radius 1 is 1.28 bits per heavy atom. The molecule has 0 unspecified atom stereocenters. The third-order valence-corrected chi connectivity index (χ3v) is 4.49. The molecule has 1 fully saturated rings. The first-order valence-electron chi connectivity index (χ1n) is 7.92. The molecule has 0 aromatic heterocycles. The van der Waals surface area contributed by atoms with Crippen molar-refractivity contribution < 1.29 is 27.5 Å². The molecule has 1 aromatic rings. The normalized spacial score (nSPS) is 18.0. The van der Waals surface area contributed by atoms with E-state index in [4.69, 9.17) is 4.74 Å². The fourth-order valence-electron chi connectivity index (χ4n) is 2.90. The highest BCUT2D eigenvalue weighted by Gasteiger charge is 2.56. The summed E-state index contributed by atoms with van der Waals surface area (Å²) in [6.07, 6.45) is -4.84. The lowest BCUT2D eigenvalue weighted by molar-refractivity contribution is -0.282. The van der Waals surface area contributed by atoms with E-state index in [9.17, 15) is 22.8 Å². The number of ether oxygens (including phenoxy) is 1. The first-order chi connectivity index (χ1) is 11.7. The number of carbonyl (C=O) groups excluding carboxylic acids is 2. The van der Waals surface area contributed by atoms with Crippen LogP contribution >= 0.6 is 0 Å². The average molecular weight is 358 g/mol. The summed E-state index contributed by atoms with van der Waals surface area (Å²) in [6, 6.07) is 6.52. The Bertz CT molecular complexity index is 638. The van der Waals surface area contributed by atoms with Gasteiger partial charge in [-0.05, 0) is 31.9 Å². The summed E-state index contributed by atoms with van der Waals surface area (Å²) in [5.41, 5.74) is -1.17. The van der Waals surface area contributed by atoms with E-state index in [0.29, 0.717) is 11.3 Å². The van der Waals surface area contributed by atoms with Crippen molar-refractivity contribution >= 4 is 17.4 Å². The van der Waals surface area contributed by atoms with Gasteiger partial charge in [0.2, 0.25) is 5.91 Å². The number of likely N-dealkylation sites (tertiary alicyclic amines) is 1. The quantitative estimate of drug-likeness (QED) is 0.823. The van der Waals surface area contributed by atoms with Crippen molar-refractivity contribution in [3.63, 3.8) is 0 Å². The monoisotopic (exact) mass is 358 g/mol. The molecule has 1 N–H and O–H groups in total. The lowest BCUT2D eigenvalue weighted by atomic mass is 9.90. The minimum absolute atomic E-state index is 0.0120. The number of piperidine rings is 1. The molecule has 2 rings (SSSR count). The highest BCUT2D eigenvalue weighted by molar-refractivity contribution is 5.97. The van der Waals surface area contributed by atoms with Crippen molar-refractivity contribution in [2.75, 3.05) is 32.1 Å². The molecule has 1 heterocycles. The van der Waals surface area contributed by atoms with Crippen LogP contribution in [0.2, 0.25) is 0 Å². The van der Waals surface area contributed by atoms with Gasteiger partial charge in [0.05, 0.1) is 6.54 Å². The third kappa shape index (κ3) is 4.58. The molecule has 8 heteroatoms. The van der Waals surface area contributed by atoms with Gasteiger partial charge in [0, 0.05) is 31.5 Å². The Labute approximate surface area is 144 Å². The number of hydrogen-bond donors (Lipinski definition) is 1. The average Bonchev–Trinajstić information content (AvgIpc) is 2.54. The molecular formula is C17H21F3N2O3. The minimum Gasteiger partial charge on any atom is -0.369 e. The molecule has 1 aliphatic rings. The van der Waals surface area contributed by atoms with E-state index in [-0.39, 0.29) is 44.2 Å². The summed E-state index contributed by atoms with van der Waals surface area (Å²) < 4.78 is 44.1. The largest absolute Gasteiger partial charge is 0.417 e. The summed E-state index contributed by atoms with van der Waals surface area (Å²) in [6.45, 7) is 1.65. The van der Waals surface area contributed by atoms with Crippen LogP contribution in [0.4, 0.5) is 18.9 Å². The third-order valence-electron chi connectivity index (χ3n) is 4.49. The zero-order valence-electron chi connectivity index (χ0n) is 14.2. The zero-order chi connectivity index (χ0) is 18.7. The number of anilines is 1. The first-order valence-corrected chi connectivity index (χ1v) is 7.92. The summed E-state index contributed by atoms with van der Waals surface area (Å²) in [5.74, 6) is -0.451. The number of benzene rings is 1. The predicted molar refractivity (Wildman–Crippen MR) is 86.5 cm³/mol. The van der Waals surface area contributed by atoms with Crippen LogP contribution in [0.1, 0.15) is 30.1 Å². The highest BCUT2D eigenvalue weighted by atomic mass is 19.4. The van der Waals surface area contributed by atoms with E-state index in [1.165, 1.54) is 6.92 Å². The minimum atomic E-state index is -4.43. The molecule has 25 heavy (non-hydrogen) atoms. The lowest BCUT2D eigenvalue weighted by Crippen LogP contribution is -2.55. The second-order valence-corrected chi connectivity index (χ2v) is 6.16. The van der Waals surface area contributed by atoms with Gasteiger partial charge in [-0.2, -0.15) is 13.2 Å². The molecule has 5 nitrogen and oxygen atoms in total. The van der Waals surface area contributed by atoms with Gasteiger partial charge < -0.3 is 10.1 Å². The van der Waals surface area contributed by atoms with Gasteiger partial charge in [0.1, 0.15) is 0 Å². The Hall–Kier alpha value is -1.93. The van der Waals surface area contributed by atoms with Gasteiger partial charge in [-0.15, -0.1) is 0 Å². The number of nitrogens with one attached hydrogen (secondary N) is 1. The highest BCUT2D eigenvalue weighted by Crippen LogP contribution is 2.41. The van der Waals surface area contributed by atoms with Crippen molar-refractivity contribution in [2.45, 2.75) is 31.5 Å². The maximum absolute atomic E-state index is 13.1. The van der Waals surface area contributed by atoms with Crippen molar-refractivity contribution in [3.05, 3.63) is 29.8 Å². The number of methoxy groups -OCH3 is 1. The summed E-state index contributed by atoms with van der Waals surface area (Å²) in [7, 11) is 1.07. The Balaban J connectivity index is 1.91. The Morgan fingerprint density at radius 2 is 1.92 bits per heavy atom. The number of alkyl halides is 3. The molecule has 0 atom stereocenters. The fraction of sp³-hybridized carbons (Fsp3) is 0.529. The molecule has 1 saturated heterocycles. The van der Waals surface area contributed by atoms with Gasteiger partial charge in [-0.25, -0.2) is 0 Å². The van der Waals surface area contributed by atoms with Crippen LogP contribution in [0.25, 0.3) is 0 Å². The van der Waals surface area contributed by atoms with Crippen LogP contribution in [-0.2, 0) is 9.53 Å². The van der Waals surface area contributed by atoms with Crippen molar-refractivity contribution in [1.29, 1.82) is 0 Å². The van der Waals surface area contributed by atoms with Gasteiger partial charge in [0.15, 0.2) is 11.4 Å². The zero-order valence-corrected chi connectivity index (χ0v) is 14.2. The molecular weight excluding hydrogens is 337 g/mol. The summed E-state index contributed by atoms with van der Waals surface area (Å²) in [4.78, 5) is 25.1. The second kappa shape index (κ2) is 7.53. The maximum atomic E-state index is 13.1. The maximum Gasteiger partial charge on any atom is 0.417 e. The molecule has 0 radical (unpaired) electrons. The van der Waals surface area contributed by atoms with Gasteiger partial charge in [0.25, 0.3) is 0 Å². The van der Waals surface area contributed by atoms with Gasteiger partial charge in [-0.3, -0.25) is 14.5 Å². The number of carbonyl (C=O) groups is 2. The molecule has 0 bridgehead atoms. The number of Topliss-reactive ketones (excluding diaryl/α,β-unsaturated/α-hetero) is 1. The Kier molecular flexibility index (Phi) is 5.84. The standard InChI is InChI=1S/C17H21F3N2O3/c1-12(23)13-4-3-5-14(10-13)21-15(24)11-22-8-6-16(25-2,7-9-22)17(18,19)20/h3-5,10H,6-9,11H2,1-2H3,(H,21,24). The number of hydrogen-bond acceptors (Lipinski definition) is 4. The number of amides is 1. The van der Waals surface area contributed by atoms with E-state index in [0.717, 1.165) is 7.11 Å². The summed E-state index contributed by atoms with van der Waals surface area (Å²) in [5, 5.41) is 2.66. The molecule has 1 amide bonds. The van der Waals surface area contributed by atoms with Crippen LogP contribution < -0.4 is 5.32 Å². The molecule has 138 valence electrons. The second-order valence-electron chi connectivity index (χ2n) is 6.16. The van der Waals surface area contributed by atoms with Gasteiger partial charge in [-0.1, -0.05) is 12.1 Å². The molecule has 1 aliphatic heterocycles. The van der Waals surface area contributed by atoms with Crippen LogP contribution in [0.3, 0.4) is 0 Å².